The molecule has 1 aliphatic rings. The summed E-state index contributed by atoms with van der Waals surface area (Å²) in [4.78, 5) is 4.34. The Kier molecular flexibility index (Phi) is 2.95. The Balaban J connectivity index is 1.91. The van der Waals surface area contributed by atoms with Gasteiger partial charge >= 0.3 is 0 Å². The summed E-state index contributed by atoms with van der Waals surface area (Å²) in [5.41, 5.74) is 1.54. The molecule has 0 spiro atoms. The maximum Gasteiger partial charge on any atom is 0.138 e. The van der Waals surface area contributed by atoms with Gasteiger partial charge < -0.3 is 5.32 Å². The summed E-state index contributed by atoms with van der Waals surface area (Å²) in [5, 5.41) is 7.52. The molecule has 0 unspecified atom stereocenters. The zero-order chi connectivity index (χ0) is 12.6. The summed E-state index contributed by atoms with van der Waals surface area (Å²) in [6.07, 6.45) is 2.55. The van der Waals surface area contributed by atoms with Gasteiger partial charge in [0.1, 0.15) is 12.2 Å². The quantitative estimate of drug-likeness (QED) is 0.938. The van der Waals surface area contributed by atoms with E-state index in [9.17, 15) is 0 Å². The van der Waals surface area contributed by atoms with Gasteiger partial charge in [-0.25, -0.2) is 4.98 Å². The van der Waals surface area contributed by atoms with Crippen molar-refractivity contribution in [2.45, 2.75) is 11.8 Å². The maximum absolute atomic E-state index is 4.34. The lowest BCUT2D eigenvalue weighted by molar-refractivity contribution is 0.267. The number of aryl methyl sites for hydroxylation is 1. The number of rotatable bonds is 3. The molecule has 18 heavy (non-hydrogen) atoms. The SMILES string of the molecule is Cn1ncnc1CC1(c2ccc(Br)cc2)CNC1. The molecule has 3 rings (SSSR count). The summed E-state index contributed by atoms with van der Waals surface area (Å²) in [6.45, 7) is 2.00. The predicted octanol–water partition coefficient (Wildman–Crippen LogP) is 1.66. The second-order valence-corrected chi connectivity index (χ2v) is 5.78. The predicted molar refractivity (Wildman–Crippen MR) is 73.4 cm³/mol. The van der Waals surface area contributed by atoms with Crippen LogP contribution in [0, 0.1) is 0 Å². The second kappa shape index (κ2) is 4.48. The van der Waals surface area contributed by atoms with Gasteiger partial charge in [0.05, 0.1) is 0 Å². The van der Waals surface area contributed by atoms with Crippen LogP contribution in [0.25, 0.3) is 0 Å². The molecule has 0 bridgehead atoms. The van der Waals surface area contributed by atoms with E-state index in [1.807, 2.05) is 11.7 Å². The lowest BCUT2D eigenvalue weighted by Gasteiger charge is -2.43. The Bertz CT molecular complexity index is 542. The third-order valence-corrected chi connectivity index (χ3v) is 4.21. The monoisotopic (exact) mass is 306 g/mol. The van der Waals surface area contributed by atoms with Crippen molar-refractivity contribution >= 4 is 15.9 Å². The standard InChI is InChI=1S/C13H15BrN4/c1-18-12(16-9-17-18)6-13(7-15-8-13)10-2-4-11(14)5-3-10/h2-5,9,15H,6-8H2,1H3. The van der Waals surface area contributed by atoms with Crippen LogP contribution in [0.5, 0.6) is 0 Å². The number of aromatic nitrogens is 3. The molecule has 1 aromatic carbocycles. The lowest BCUT2D eigenvalue weighted by atomic mass is 9.72. The average molecular weight is 307 g/mol. The van der Waals surface area contributed by atoms with E-state index >= 15 is 0 Å². The van der Waals surface area contributed by atoms with Gasteiger partial charge in [-0.3, -0.25) is 4.68 Å². The molecule has 1 saturated heterocycles. The van der Waals surface area contributed by atoms with Crippen LogP contribution >= 0.6 is 15.9 Å². The summed E-state index contributed by atoms with van der Waals surface area (Å²) in [7, 11) is 1.95. The van der Waals surface area contributed by atoms with Crippen molar-refractivity contribution in [3.63, 3.8) is 0 Å². The zero-order valence-corrected chi connectivity index (χ0v) is 11.8. The first-order chi connectivity index (χ1) is 8.70. The van der Waals surface area contributed by atoms with Crippen LogP contribution in [0.15, 0.2) is 35.1 Å². The fraction of sp³-hybridized carbons (Fsp3) is 0.385. The van der Waals surface area contributed by atoms with Crippen LogP contribution < -0.4 is 5.32 Å². The molecule has 1 N–H and O–H groups in total. The van der Waals surface area contributed by atoms with E-state index in [0.717, 1.165) is 29.8 Å². The van der Waals surface area contributed by atoms with E-state index in [0.29, 0.717) is 0 Å². The highest BCUT2D eigenvalue weighted by Gasteiger charge is 2.39. The number of nitrogens with zero attached hydrogens (tertiary/aromatic N) is 3. The number of nitrogens with one attached hydrogen (secondary N) is 1. The highest BCUT2D eigenvalue weighted by atomic mass is 79.9. The zero-order valence-electron chi connectivity index (χ0n) is 10.2. The summed E-state index contributed by atoms with van der Waals surface area (Å²) in [5.74, 6) is 1.04. The van der Waals surface area contributed by atoms with Gasteiger partial charge in [-0.15, -0.1) is 0 Å². The van der Waals surface area contributed by atoms with Crippen molar-refractivity contribution in [3.05, 3.63) is 46.5 Å². The van der Waals surface area contributed by atoms with E-state index in [2.05, 4.69) is 55.6 Å². The number of hydrogen-bond donors (Lipinski definition) is 1. The van der Waals surface area contributed by atoms with E-state index in [4.69, 9.17) is 0 Å². The molecule has 5 heteroatoms. The van der Waals surface area contributed by atoms with Gasteiger partial charge in [-0.2, -0.15) is 5.10 Å². The fourth-order valence-corrected chi connectivity index (χ4v) is 2.71. The van der Waals surface area contributed by atoms with E-state index in [1.54, 1.807) is 6.33 Å². The molecule has 4 nitrogen and oxygen atoms in total. The van der Waals surface area contributed by atoms with Crippen LogP contribution in [0.1, 0.15) is 11.4 Å². The maximum atomic E-state index is 4.34. The molecule has 2 heterocycles. The molecule has 1 aliphatic heterocycles. The van der Waals surface area contributed by atoms with E-state index in [1.165, 1.54) is 5.56 Å². The van der Waals surface area contributed by atoms with Gasteiger partial charge in [0.15, 0.2) is 0 Å². The third-order valence-electron chi connectivity index (χ3n) is 3.69. The molecular formula is C13H15BrN4. The first-order valence-corrected chi connectivity index (χ1v) is 6.79. The van der Waals surface area contributed by atoms with Crippen molar-refractivity contribution < 1.29 is 0 Å². The largest absolute Gasteiger partial charge is 0.315 e. The molecule has 1 aromatic heterocycles. The Hall–Kier alpha value is -1.20. The normalized spacial score (nSPS) is 17.4. The van der Waals surface area contributed by atoms with Crippen molar-refractivity contribution in [2.24, 2.45) is 7.05 Å². The molecule has 2 aromatic rings. The minimum Gasteiger partial charge on any atom is -0.315 e. The highest BCUT2D eigenvalue weighted by Crippen LogP contribution is 2.32. The Labute approximate surface area is 115 Å². The smallest absolute Gasteiger partial charge is 0.138 e. The topological polar surface area (TPSA) is 42.7 Å². The van der Waals surface area contributed by atoms with Crippen molar-refractivity contribution in [2.75, 3.05) is 13.1 Å². The van der Waals surface area contributed by atoms with Gasteiger partial charge in [-0.1, -0.05) is 28.1 Å². The minimum absolute atomic E-state index is 0.168. The molecule has 0 atom stereocenters. The van der Waals surface area contributed by atoms with Crippen molar-refractivity contribution in [1.82, 2.24) is 20.1 Å². The van der Waals surface area contributed by atoms with Crippen LogP contribution in [-0.4, -0.2) is 27.9 Å². The lowest BCUT2D eigenvalue weighted by Crippen LogP contribution is -2.58. The Morgan fingerprint density at radius 1 is 1.33 bits per heavy atom. The molecule has 0 amide bonds. The van der Waals surface area contributed by atoms with Crippen LogP contribution in [0.4, 0.5) is 0 Å². The first kappa shape index (κ1) is 11.9. The number of hydrogen-bond acceptors (Lipinski definition) is 3. The van der Waals surface area contributed by atoms with Crippen molar-refractivity contribution in [3.8, 4) is 0 Å². The molecule has 0 radical (unpaired) electrons. The molecule has 0 saturated carbocycles. The molecule has 0 aliphatic carbocycles. The van der Waals surface area contributed by atoms with Gasteiger partial charge in [0, 0.05) is 36.4 Å². The minimum atomic E-state index is 0.168. The second-order valence-electron chi connectivity index (χ2n) is 4.87. The highest BCUT2D eigenvalue weighted by molar-refractivity contribution is 9.10. The first-order valence-electron chi connectivity index (χ1n) is 5.99. The van der Waals surface area contributed by atoms with Crippen molar-refractivity contribution in [1.29, 1.82) is 0 Å². The fourth-order valence-electron chi connectivity index (χ4n) is 2.44. The summed E-state index contributed by atoms with van der Waals surface area (Å²) in [6, 6.07) is 8.60. The average Bonchev–Trinajstić information content (AvgIpc) is 2.71. The summed E-state index contributed by atoms with van der Waals surface area (Å²) < 4.78 is 2.98. The van der Waals surface area contributed by atoms with Crippen LogP contribution in [-0.2, 0) is 18.9 Å². The number of benzene rings is 1. The Morgan fingerprint density at radius 3 is 2.56 bits per heavy atom. The Morgan fingerprint density at radius 2 is 2.06 bits per heavy atom. The van der Waals surface area contributed by atoms with Gasteiger partial charge in [0.25, 0.3) is 0 Å². The number of halogens is 1. The third kappa shape index (κ3) is 1.97. The van der Waals surface area contributed by atoms with Gasteiger partial charge in [-0.05, 0) is 17.7 Å². The molecule has 94 valence electrons. The van der Waals surface area contributed by atoms with Crippen LogP contribution in [0.3, 0.4) is 0 Å². The van der Waals surface area contributed by atoms with E-state index in [-0.39, 0.29) is 5.41 Å². The van der Waals surface area contributed by atoms with E-state index < -0.39 is 0 Å². The molecular weight excluding hydrogens is 292 g/mol. The van der Waals surface area contributed by atoms with Crippen LogP contribution in [0.2, 0.25) is 0 Å². The summed E-state index contributed by atoms with van der Waals surface area (Å²) >= 11 is 3.48. The molecule has 1 fully saturated rings. The van der Waals surface area contributed by atoms with Gasteiger partial charge in [0.2, 0.25) is 0 Å².